The van der Waals surface area contributed by atoms with E-state index >= 15 is 0 Å². The van der Waals surface area contributed by atoms with E-state index in [1.165, 1.54) is 6.33 Å². The first-order chi connectivity index (χ1) is 7.24. The predicted octanol–water partition coefficient (Wildman–Crippen LogP) is 3.19. The topological polar surface area (TPSA) is 47.9 Å². The summed E-state index contributed by atoms with van der Waals surface area (Å²) in [6, 6.07) is 3.49. The number of pyridine rings is 1. The van der Waals surface area contributed by atoms with Gasteiger partial charge in [0.1, 0.15) is 16.7 Å². The van der Waals surface area contributed by atoms with Gasteiger partial charge in [0.25, 0.3) is 0 Å². The fourth-order valence-electron chi connectivity index (χ4n) is 0.942. The lowest BCUT2D eigenvalue weighted by molar-refractivity contribution is 0.458. The monoisotopic (exact) mass is 329 g/mol. The largest absolute Gasteiger partial charge is 0.437 e. The second-order valence-corrected chi connectivity index (χ2v) is 4.35. The van der Waals surface area contributed by atoms with Gasteiger partial charge < -0.3 is 4.74 Å². The first-order valence-corrected chi connectivity index (χ1v) is 5.58. The zero-order valence-electron chi connectivity index (χ0n) is 7.39. The Kier molecular flexibility index (Phi) is 3.27. The van der Waals surface area contributed by atoms with Crippen LogP contribution in [0.25, 0.3) is 0 Å². The third kappa shape index (κ3) is 2.97. The third-order valence-electron chi connectivity index (χ3n) is 1.51. The lowest BCUT2D eigenvalue weighted by Gasteiger charge is -2.03. The Labute approximate surface area is 103 Å². The maximum atomic E-state index is 5.47. The molecule has 0 aliphatic carbocycles. The molecule has 76 valence electrons. The van der Waals surface area contributed by atoms with E-state index in [4.69, 9.17) is 4.74 Å². The minimum atomic E-state index is 0.469. The molecule has 0 radical (unpaired) electrons. The van der Waals surface area contributed by atoms with Gasteiger partial charge in [0, 0.05) is 16.7 Å². The van der Waals surface area contributed by atoms with Crippen molar-refractivity contribution in [3.8, 4) is 11.6 Å². The standard InChI is InChI=1S/C9H5Br2N3O/c10-6-1-7(4-12-3-6)15-9-2-8(11)13-5-14-9/h1-5H. The van der Waals surface area contributed by atoms with Crippen LogP contribution in [0, 0.1) is 0 Å². The van der Waals surface area contributed by atoms with Crippen LogP contribution < -0.4 is 4.74 Å². The van der Waals surface area contributed by atoms with Gasteiger partial charge in [-0.1, -0.05) is 0 Å². The van der Waals surface area contributed by atoms with E-state index in [-0.39, 0.29) is 0 Å². The molecule has 0 unspecified atom stereocenters. The van der Waals surface area contributed by atoms with E-state index in [1.54, 1.807) is 18.5 Å². The molecule has 0 N–H and O–H groups in total. The van der Waals surface area contributed by atoms with Gasteiger partial charge in [-0.05, 0) is 37.9 Å². The molecular weight excluding hydrogens is 326 g/mol. The van der Waals surface area contributed by atoms with Crippen LogP contribution in [0.15, 0.2) is 39.9 Å². The Morgan fingerprint density at radius 2 is 1.93 bits per heavy atom. The molecule has 6 heteroatoms. The summed E-state index contributed by atoms with van der Waals surface area (Å²) in [7, 11) is 0. The van der Waals surface area contributed by atoms with Gasteiger partial charge in [0.15, 0.2) is 0 Å². The van der Waals surface area contributed by atoms with E-state index < -0.39 is 0 Å². The summed E-state index contributed by atoms with van der Waals surface area (Å²) in [5, 5.41) is 0. The zero-order valence-corrected chi connectivity index (χ0v) is 10.6. The Morgan fingerprint density at radius 1 is 1.07 bits per heavy atom. The number of nitrogens with zero attached hydrogens (tertiary/aromatic N) is 3. The van der Waals surface area contributed by atoms with Crippen molar-refractivity contribution in [1.82, 2.24) is 15.0 Å². The number of ether oxygens (including phenoxy) is 1. The molecule has 0 atom stereocenters. The molecule has 2 aromatic rings. The summed E-state index contributed by atoms with van der Waals surface area (Å²) in [6.07, 6.45) is 4.72. The summed E-state index contributed by atoms with van der Waals surface area (Å²) in [5.41, 5.74) is 0. The van der Waals surface area contributed by atoms with E-state index in [0.29, 0.717) is 16.2 Å². The van der Waals surface area contributed by atoms with Crippen molar-refractivity contribution in [3.05, 3.63) is 39.9 Å². The van der Waals surface area contributed by atoms with Gasteiger partial charge in [-0.2, -0.15) is 0 Å². The lowest BCUT2D eigenvalue weighted by Crippen LogP contribution is -1.89. The summed E-state index contributed by atoms with van der Waals surface area (Å²) >= 11 is 6.54. The van der Waals surface area contributed by atoms with Crippen LogP contribution in [0.5, 0.6) is 11.6 Å². The number of rotatable bonds is 2. The molecule has 0 spiro atoms. The van der Waals surface area contributed by atoms with E-state index in [2.05, 4.69) is 46.8 Å². The van der Waals surface area contributed by atoms with Gasteiger partial charge >= 0.3 is 0 Å². The Hall–Kier alpha value is -1.01. The Bertz CT molecular complexity index is 435. The number of halogens is 2. The van der Waals surface area contributed by atoms with Crippen LogP contribution in [0.4, 0.5) is 0 Å². The molecule has 4 nitrogen and oxygen atoms in total. The maximum Gasteiger partial charge on any atom is 0.223 e. The molecule has 0 aliphatic heterocycles. The van der Waals surface area contributed by atoms with Crippen LogP contribution in [-0.4, -0.2) is 15.0 Å². The molecule has 0 aromatic carbocycles. The summed E-state index contributed by atoms with van der Waals surface area (Å²) in [4.78, 5) is 11.8. The second kappa shape index (κ2) is 4.67. The van der Waals surface area contributed by atoms with E-state index in [0.717, 1.165) is 4.47 Å². The molecule has 2 heterocycles. The third-order valence-corrected chi connectivity index (χ3v) is 2.38. The van der Waals surface area contributed by atoms with E-state index in [1.807, 2.05) is 6.07 Å². The number of hydrogen-bond donors (Lipinski definition) is 0. The highest BCUT2D eigenvalue weighted by Gasteiger charge is 2.00. The number of aromatic nitrogens is 3. The molecule has 0 aliphatic rings. The summed E-state index contributed by atoms with van der Waals surface area (Å²) < 4.78 is 7.00. The quantitative estimate of drug-likeness (QED) is 0.793. The van der Waals surface area contributed by atoms with Crippen molar-refractivity contribution >= 4 is 31.9 Å². The molecular formula is C9H5Br2N3O. The molecule has 0 amide bonds. The smallest absolute Gasteiger partial charge is 0.223 e. The van der Waals surface area contributed by atoms with Crippen LogP contribution in [0.1, 0.15) is 0 Å². The van der Waals surface area contributed by atoms with Crippen LogP contribution in [0.3, 0.4) is 0 Å². The molecule has 0 saturated heterocycles. The Balaban J connectivity index is 2.22. The van der Waals surface area contributed by atoms with Gasteiger partial charge in [-0.3, -0.25) is 4.98 Å². The fraction of sp³-hybridized carbons (Fsp3) is 0. The first kappa shape index (κ1) is 10.5. The molecule has 0 saturated carbocycles. The predicted molar refractivity (Wildman–Crippen MR) is 61.7 cm³/mol. The van der Waals surface area contributed by atoms with Crippen molar-refractivity contribution in [2.24, 2.45) is 0 Å². The summed E-state index contributed by atoms with van der Waals surface area (Å²) in [5.74, 6) is 1.09. The zero-order chi connectivity index (χ0) is 10.7. The van der Waals surface area contributed by atoms with Gasteiger partial charge in [0.05, 0.1) is 6.20 Å². The van der Waals surface area contributed by atoms with Gasteiger partial charge in [-0.15, -0.1) is 0 Å². The highest BCUT2D eigenvalue weighted by molar-refractivity contribution is 9.10. The van der Waals surface area contributed by atoms with Crippen LogP contribution in [0.2, 0.25) is 0 Å². The second-order valence-electron chi connectivity index (χ2n) is 2.62. The first-order valence-electron chi connectivity index (χ1n) is 4.00. The van der Waals surface area contributed by atoms with Crippen LogP contribution >= 0.6 is 31.9 Å². The summed E-state index contributed by atoms with van der Waals surface area (Å²) in [6.45, 7) is 0. The van der Waals surface area contributed by atoms with Gasteiger partial charge in [0.2, 0.25) is 5.88 Å². The van der Waals surface area contributed by atoms with Crippen molar-refractivity contribution in [2.45, 2.75) is 0 Å². The van der Waals surface area contributed by atoms with E-state index in [9.17, 15) is 0 Å². The van der Waals surface area contributed by atoms with Crippen LogP contribution in [-0.2, 0) is 0 Å². The SMILES string of the molecule is Brc1cncc(Oc2cc(Br)ncn2)c1. The average molecular weight is 331 g/mol. The molecule has 0 bridgehead atoms. The minimum absolute atomic E-state index is 0.469. The van der Waals surface area contributed by atoms with Crippen molar-refractivity contribution in [2.75, 3.05) is 0 Å². The highest BCUT2D eigenvalue weighted by atomic mass is 79.9. The van der Waals surface area contributed by atoms with Crippen molar-refractivity contribution in [1.29, 1.82) is 0 Å². The minimum Gasteiger partial charge on any atom is -0.437 e. The molecule has 2 aromatic heterocycles. The van der Waals surface area contributed by atoms with Crippen molar-refractivity contribution < 1.29 is 4.74 Å². The van der Waals surface area contributed by atoms with Crippen molar-refractivity contribution in [3.63, 3.8) is 0 Å². The fourth-order valence-corrected chi connectivity index (χ4v) is 1.57. The average Bonchev–Trinajstić information content (AvgIpc) is 2.17. The lowest BCUT2D eigenvalue weighted by atomic mass is 10.5. The molecule has 2 rings (SSSR count). The Morgan fingerprint density at radius 3 is 2.67 bits per heavy atom. The molecule has 15 heavy (non-hydrogen) atoms. The highest BCUT2D eigenvalue weighted by Crippen LogP contribution is 2.22. The molecule has 0 fully saturated rings. The maximum absolute atomic E-state index is 5.47. The normalized spacial score (nSPS) is 10.0. The van der Waals surface area contributed by atoms with Gasteiger partial charge in [-0.25, -0.2) is 9.97 Å². The number of hydrogen-bond acceptors (Lipinski definition) is 4.